The van der Waals surface area contributed by atoms with Crippen LogP contribution in [0.2, 0.25) is 5.02 Å². The van der Waals surface area contributed by atoms with Crippen LogP contribution in [0.4, 0.5) is 11.4 Å². The van der Waals surface area contributed by atoms with E-state index in [-0.39, 0.29) is 5.91 Å². The van der Waals surface area contributed by atoms with Crippen LogP contribution >= 0.6 is 27.5 Å². The van der Waals surface area contributed by atoms with Crippen LogP contribution in [0.3, 0.4) is 0 Å². The molecule has 1 aromatic carbocycles. The number of carbonyl (C=O) groups excluding carboxylic acids is 1. The lowest BCUT2D eigenvalue weighted by Crippen LogP contribution is -2.19. The Labute approximate surface area is 130 Å². The molecule has 20 heavy (non-hydrogen) atoms. The average Bonchev–Trinajstić information content (AvgIpc) is 2.69. The highest BCUT2D eigenvalue weighted by atomic mass is 79.9. The molecular weight excluding hydrogens is 344 g/mol. The van der Waals surface area contributed by atoms with Crippen molar-refractivity contribution in [3.63, 3.8) is 0 Å². The quantitative estimate of drug-likeness (QED) is 0.883. The molecule has 0 atom stereocenters. The van der Waals surface area contributed by atoms with Crippen molar-refractivity contribution in [2.75, 3.05) is 11.1 Å². The maximum Gasteiger partial charge on any atom is 0.276 e. The molecule has 0 bridgehead atoms. The fraction of sp³-hybridized carbons (Fsp3) is 0.231. The molecule has 0 aliphatic carbocycles. The molecule has 0 spiro atoms. The summed E-state index contributed by atoms with van der Waals surface area (Å²) in [5, 5.41) is 7.55. The van der Waals surface area contributed by atoms with Gasteiger partial charge in [-0.1, -0.05) is 11.6 Å². The lowest BCUT2D eigenvalue weighted by Gasteiger charge is -2.09. The summed E-state index contributed by atoms with van der Waals surface area (Å²) in [5.41, 5.74) is 7.90. The normalized spacial score (nSPS) is 10.6. The molecule has 3 N–H and O–H groups in total. The number of halogens is 2. The van der Waals surface area contributed by atoms with Crippen molar-refractivity contribution < 1.29 is 4.79 Å². The Morgan fingerprint density at radius 2 is 2.25 bits per heavy atom. The molecule has 0 unspecified atom stereocenters. The Morgan fingerprint density at radius 1 is 1.55 bits per heavy atom. The number of aryl methyl sites for hydroxylation is 2. The molecule has 7 heteroatoms. The number of hydrogen-bond donors (Lipinski definition) is 2. The fourth-order valence-corrected chi connectivity index (χ4v) is 2.36. The summed E-state index contributed by atoms with van der Waals surface area (Å²) >= 11 is 9.29. The van der Waals surface area contributed by atoms with Gasteiger partial charge in [0.15, 0.2) is 0 Å². The summed E-state index contributed by atoms with van der Waals surface area (Å²) in [5.74, 6) is -0.312. The number of rotatable bonds is 3. The lowest BCUT2D eigenvalue weighted by molar-refractivity contribution is 0.101. The van der Waals surface area contributed by atoms with E-state index < -0.39 is 0 Å². The van der Waals surface area contributed by atoms with Gasteiger partial charge in [0.1, 0.15) is 5.69 Å². The van der Waals surface area contributed by atoms with E-state index >= 15 is 0 Å². The van der Waals surface area contributed by atoms with Crippen molar-refractivity contribution in [1.29, 1.82) is 0 Å². The van der Waals surface area contributed by atoms with Gasteiger partial charge in [0.25, 0.3) is 5.91 Å². The van der Waals surface area contributed by atoms with Gasteiger partial charge in [-0.2, -0.15) is 5.10 Å². The first-order valence-corrected chi connectivity index (χ1v) is 7.20. The van der Waals surface area contributed by atoms with Gasteiger partial charge in [-0.25, -0.2) is 0 Å². The molecule has 1 aromatic heterocycles. The summed E-state index contributed by atoms with van der Waals surface area (Å²) in [6, 6.07) is 5.17. The molecule has 1 amide bonds. The molecule has 0 radical (unpaired) electrons. The van der Waals surface area contributed by atoms with Gasteiger partial charge in [-0.3, -0.25) is 9.48 Å². The minimum Gasteiger partial charge on any atom is -0.395 e. The first-order chi connectivity index (χ1) is 9.43. The smallest absolute Gasteiger partial charge is 0.276 e. The maximum atomic E-state index is 12.4. The number of carbonyl (C=O) groups is 1. The second-order valence-electron chi connectivity index (χ2n) is 4.24. The molecular formula is C13H14BrClN4O. The third kappa shape index (κ3) is 2.81. The number of amides is 1. The standard InChI is InChI=1S/C13H14BrClN4O/c1-3-19-12(11(16)7(2)18-19)13(20)17-10-6-8(15)4-5-9(10)14/h4-6H,3,16H2,1-2H3,(H,17,20). The highest BCUT2D eigenvalue weighted by molar-refractivity contribution is 9.10. The van der Waals surface area contributed by atoms with E-state index in [1.54, 1.807) is 29.8 Å². The van der Waals surface area contributed by atoms with Crippen LogP contribution < -0.4 is 11.1 Å². The van der Waals surface area contributed by atoms with Crippen molar-refractivity contribution >= 4 is 44.8 Å². The monoisotopic (exact) mass is 356 g/mol. The van der Waals surface area contributed by atoms with Crippen molar-refractivity contribution in [2.45, 2.75) is 20.4 Å². The van der Waals surface area contributed by atoms with Crippen LogP contribution in [-0.2, 0) is 6.54 Å². The van der Waals surface area contributed by atoms with Crippen LogP contribution in [0.15, 0.2) is 22.7 Å². The molecule has 0 saturated carbocycles. The molecule has 0 fully saturated rings. The topological polar surface area (TPSA) is 72.9 Å². The largest absolute Gasteiger partial charge is 0.395 e. The highest BCUT2D eigenvalue weighted by Crippen LogP contribution is 2.27. The number of aromatic nitrogens is 2. The van der Waals surface area contributed by atoms with Crippen molar-refractivity contribution in [3.8, 4) is 0 Å². The zero-order valence-electron chi connectivity index (χ0n) is 11.1. The Bertz CT molecular complexity index is 669. The van der Waals surface area contributed by atoms with Crippen LogP contribution in [0.5, 0.6) is 0 Å². The molecule has 5 nitrogen and oxygen atoms in total. The van der Waals surface area contributed by atoms with E-state index in [9.17, 15) is 4.79 Å². The van der Waals surface area contributed by atoms with Gasteiger partial charge >= 0.3 is 0 Å². The van der Waals surface area contributed by atoms with E-state index in [1.807, 2.05) is 6.92 Å². The number of anilines is 2. The fourth-order valence-electron chi connectivity index (χ4n) is 1.84. The summed E-state index contributed by atoms with van der Waals surface area (Å²) in [6.45, 7) is 4.24. The van der Waals surface area contributed by atoms with Gasteiger partial charge in [0.05, 0.1) is 17.1 Å². The van der Waals surface area contributed by atoms with Crippen LogP contribution in [0.25, 0.3) is 0 Å². The predicted octanol–water partition coefficient (Wildman–Crippen LogP) is 3.46. The van der Waals surface area contributed by atoms with Crippen molar-refractivity contribution in [3.05, 3.63) is 39.1 Å². The Balaban J connectivity index is 2.35. The summed E-state index contributed by atoms with van der Waals surface area (Å²) < 4.78 is 2.33. The van der Waals surface area contributed by atoms with Gasteiger partial charge in [-0.05, 0) is 48.0 Å². The Kier molecular flexibility index (Phi) is 4.35. The van der Waals surface area contributed by atoms with E-state index in [1.165, 1.54) is 0 Å². The molecule has 0 aliphatic rings. The van der Waals surface area contributed by atoms with Crippen LogP contribution in [-0.4, -0.2) is 15.7 Å². The third-order valence-corrected chi connectivity index (χ3v) is 3.79. The number of benzene rings is 1. The van der Waals surface area contributed by atoms with Gasteiger partial charge in [0, 0.05) is 16.0 Å². The first kappa shape index (κ1) is 14.9. The van der Waals surface area contributed by atoms with Crippen LogP contribution in [0, 0.1) is 6.92 Å². The first-order valence-electron chi connectivity index (χ1n) is 6.03. The van der Waals surface area contributed by atoms with Crippen molar-refractivity contribution in [1.82, 2.24) is 9.78 Å². The van der Waals surface area contributed by atoms with Crippen LogP contribution in [0.1, 0.15) is 23.1 Å². The van der Waals surface area contributed by atoms with Gasteiger partial charge < -0.3 is 11.1 Å². The number of nitrogen functional groups attached to an aromatic ring is 1. The average molecular weight is 358 g/mol. The second kappa shape index (κ2) is 5.85. The highest BCUT2D eigenvalue weighted by Gasteiger charge is 2.19. The Hall–Kier alpha value is -1.53. The lowest BCUT2D eigenvalue weighted by atomic mass is 10.2. The predicted molar refractivity (Wildman–Crippen MR) is 84.2 cm³/mol. The molecule has 0 aliphatic heterocycles. The van der Waals surface area contributed by atoms with Gasteiger partial charge in [0.2, 0.25) is 0 Å². The van der Waals surface area contributed by atoms with Crippen molar-refractivity contribution in [2.24, 2.45) is 0 Å². The zero-order valence-corrected chi connectivity index (χ0v) is 13.4. The SMILES string of the molecule is CCn1nc(C)c(N)c1C(=O)Nc1cc(Cl)ccc1Br. The number of nitrogens with zero attached hydrogens (tertiary/aromatic N) is 2. The second-order valence-corrected chi connectivity index (χ2v) is 5.53. The molecule has 106 valence electrons. The number of hydrogen-bond acceptors (Lipinski definition) is 3. The summed E-state index contributed by atoms with van der Waals surface area (Å²) in [4.78, 5) is 12.4. The van der Waals surface area contributed by atoms with Gasteiger partial charge in [-0.15, -0.1) is 0 Å². The molecule has 1 heterocycles. The Morgan fingerprint density at radius 3 is 2.90 bits per heavy atom. The summed E-state index contributed by atoms with van der Waals surface area (Å²) in [6.07, 6.45) is 0. The summed E-state index contributed by atoms with van der Waals surface area (Å²) in [7, 11) is 0. The van der Waals surface area contributed by atoms with E-state index in [4.69, 9.17) is 17.3 Å². The number of nitrogens with one attached hydrogen (secondary N) is 1. The zero-order chi connectivity index (χ0) is 14.9. The number of nitrogens with two attached hydrogens (primary N) is 1. The molecule has 2 rings (SSSR count). The van der Waals surface area contributed by atoms with E-state index in [0.717, 1.165) is 4.47 Å². The third-order valence-electron chi connectivity index (χ3n) is 2.86. The molecule has 0 saturated heterocycles. The minimum atomic E-state index is -0.312. The maximum absolute atomic E-state index is 12.4. The molecule has 2 aromatic rings. The van der Waals surface area contributed by atoms with E-state index in [0.29, 0.717) is 34.3 Å². The van der Waals surface area contributed by atoms with E-state index in [2.05, 4.69) is 26.3 Å². The minimum absolute atomic E-state index is 0.312.